The van der Waals surface area contributed by atoms with E-state index in [-0.39, 0.29) is 5.91 Å². The summed E-state index contributed by atoms with van der Waals surface area (Å²) in [6.45, 7) is 1.30. The van der Waals surface area contributed by atoms with Gasteiger partial charge in [-0.15, -0.1) is 11.8 Å². The molecule has 4 heteroatoms. The van der Waals surface area contributed by atoms with E-state index in [2.05, 4.69) is 0 Å². The van der Waals surface area contributed by atoms with Gasteiger partial charge in [0.15, 0.2) is 0 Å². The lowest BCUT2D eigenvalue weighted by molar-refractivity contribution is 0.0748. The summed E-state index contributed by atoms with van der Waals surface area (Å²) in [4.78, 5) is 15.6. The Hall–Kier alpha value is -1.94. The van der Waals surface area contributed by atoms with Gasteiger partial charge < -0.3 is 10.6 Å². The lowest BCUT2D eigenvalue weighted by Crippen LogP contribution is -2.25. The van der Waals surface area contributed by atoms with Crippen LogP contribution in [0, 0.1) is 0 Å². The summed E-state index contributed by atoms with van der Waals surface area (Å²) < 4.78 is 0. The molecule has 2 aromatic rings. The number of hydrogen-bond acceptors (Lipinski definition) is 3. The van der Waals surface area contributed by atoms with Gasteiger partial charge in [0.1, 0.15) is 0 Å². The van der Waals surface area contributed by atoms with Gasteiger partial charge in [-0.25, -0.2) is 0 Å². The number of benzene rings is 2. The van der Waals surface area contributed by atoms with Crippen molar-refractivity contribution < 1.29 is 4.79 Å². The van der Waals surface area contributed by atoms with Crippen LogP contribution in [0.1, 0.15) is 21.5 Å². The van der Waals surface area contributed by atoms with Crippen molar-refractivity contribution in [3.8, 4) is 0 Å². The van der Waals surface area contributed by atoms with E-state index >= 15 is 0 Å². The highest BCUT2D eigenvalue weighted by atomic mass is 32.2. The Morgan fingerprint density at radius 2 is 1.90 bits per heavy atom. The molecule has 0 unspecified atom stereocenters. The van der Waals surface area contributed by atoms with Crippen LogP contribution in [0.4, 0.5) is 5.69 Å². The van der Waals surface area contributed by atoms with Crippen molar-refractivity contribution in [1.82, 2.24) is 4.90 Å². The fourth-order valence-electron chi connectivity index (χ4n) is 2.55. The Balaban J connectivity index is 1.87. The minimum absolute atomic E-state index is 0.0877. The van der Waals surface area contributed by atoms with Gasteiger partial charge in [0, 0.05) is 23.7 Å². The van der Waals surface area contributed by atoms with Gasteiger partial charge >= 0.3 is 0 Å². The molecule has 0 aromatic heterocycles. The lowest BCUT2D eigenvalue weighted by atomic mass is 10.1. The number of nitrogens with two attached hydrogens (primary N) is 1. The lowest BCUT2D eigenvalue weighted by Gasteiger charge is -2.17. The van der Waals surface area contributed by atoms with Gasteiger partial charge in [-0.05, 0) is 41.6 Å². The minimum Gasteiger partial charge on any atom is -0.399 e. The van der Waals surface area contributed by atoms with Crippen molar-refractivity contribution >= 4 is 23.4 Å². The molecule has 1 heterocycles. The Morgan fingerprint density at radius 1 is 1.15 bits per heavy atom. The van der Waals surface area contributed by atoms with Gasteiger partial charge in [-0.3, -0.25) is 4.79 Å². The number of hydrogen-bond donors (Lipinski definition) is 1. The van der Waals surface area contributed by atoms with E-state index in [1.807, 2.05) is 53.6 Å². The minimum atomic E-state index is 0.0877. The van der Waals surface area contributed by atoms with Crippen LogP contribution in [0.5, 0.6) is 0 Å². The van der Waals surface area contributed by atoms with Crippen molar-refractivity contribution in [1.29, 1.82) is 0 Å². The highest BCUT2D eigenvalue weighted by Crippen LogP contribution is 2.28. The van der Waals surface area contributed by atoms with Gasteiger partial charge in [-0.1, -0.05) is 18.2 Å². The Labute approximate surface area is 122 Å². The van der Waals surface area contributed by atoms with Crippen molar-refractivity contribution in [3.05, 3.63) is 59.2 Å². The number of anilines is 1. The number of carbonyl (C=O) groups excluding carboxylic acids is 1. The molecule has 0 saturated heterocycles. The molecule has 0 atom stereocenters. The number of amides is 1. The molecular weight excluding hydrogens is 268 g/mol. The van der Waals surface area contributed by atoms with Crippen LogP contribution in [0.25, 0.3) is 0 Å². The number of thioether (sulfide) groups is 1. The summed E-state index contributed by atoms with van der Waals surface area (Å²) in [5.74, 6) is 0.0877. The Bertz CT molecular complexity index is 669. The van der Waals surface area contributed by atoms with Crippen LogP contribution in [0.15, 0.2) is 47.4 Å². The SMILES string of the molecule is CSc1ccccc1C(=O)N1Cc2ccc(N)cc2C1. The first-order chi connectivity index (χ1) is 9.69. The van der Waals surface area contributed by atoms with E-state index in [1.165, 1.54) is 5.56 Å². The second-order valence-electron chi connectivity index (χ2n) is 4.89. The van der Waals surface area contributed by atoms with Gasteiger partial charge in [0.25, 0.3) is 5.91 Å². The van der Waals surface area contributed by atoms with Gasteiger partial charge in [-0.2, -0.15) is 0 Å². The van der Waals surface area contributed by atoms with Gasteiger partial charge in [0.2, 0.25) is 0 Å². The molecule has 1 amide bonds. The number of carbonyl (C=O) groups is 1. The van der Waals surface area contributed by atoms with E-state index in [0.717, 1.165) is 21.7 Å². The van der Waals surface area contributed by atoms with Crippen LogP contribution in [-0.4, -0.2) is 17.1 Å². The van der Waals surface area contributed by atoms with Crippen molar-refractivity contribution in [2.75, 3.05) is 12.0 Å². The number of fused-ring (bicyclic) bond motifs is 1. The molecule has 20 heavy (non-hydrogen) atoms. The van der Waals surface area contributed by atoms with Gasteiger partial charge in [0.05, 0.1) is 5.56 Å². The largest absolute Gasteiger partial charge is 0.399 e. The number of nitrogen functional groups attached to an aromatic ring is 1. The Kier molecular flexibility index (Phi) is 3.40. The first-order valence-corrected chi connectivity index (χ1v) is 7.71. The van der Waals surface area contributed by atoms with Crippen molar-refractivity contribution in [2.45, 2.75) is 18.0 Å². The first kappa shape index (κ1) is 13.1. The predicted octanol–water partition coefficient (Wildman–Crippen LogP) is 3.15. The molecule has 0 spiro atoms. The standard InChI is InChI=1S/C16H16N2OS/c1-20-15-5-3-2-4-14(15)16(19)18-9-11-6-7-13(17)8-12(11)10-18/h2-8H,9-10,17H2,1H3. The monoisotopic (exact) mass is 284 g/mol. The maximum absolute atomic E-state index is 12.7. The molecule has 1 aliphatic heterocycles. The highest BCUT2D eigenvalue weighted by Gasteiger charge is 2.25. The number of rotatable bonds is 2. The summed E-state index contributed by atoms with van der Waals surface area (Å²) in [5.41, 5.74) is 9.68. The van der Waals surface area contributed by atoms with E-state index in [4.69, 9.17) is 5.73 Å². The molecule has 102 valence electrons. The molecule has 0 saturated carbocycles. The van der Waals surface area contributed by atoms with Crippen molar-refractivity contribution in [2.24, 2.45) is 0 Å². The van der Waals surface area contributed by atoms with E-state index in [0.29, 0.717) is 13.1 Å². The summed E-state index contributed by atoms with van der Waals surface area (Å²) in [6.07, 6.45) is 1.99. The molecule has 0 bridgehead atoms. The second kappa shape index (κ2) is 5.21. The summed E-state index contributed by atoms with van der Waals surface area (Å²) in [5, 5.41) is 0. The second-order valence-corrected chi connectivity index (χ2v) is 5.74. The van der Waals surface area contributed by atoms with E-state index in [9.17, 15) is 4.79 Å². The van der Waals surface area contributed by atoms with Crippen LogP contribution in [0.3, 0.4) is 0 Å². The molecule has 1 aliphatic rings. The Morgan fingerprint density at radius 3 is 2.70 bits per heavy atom. The third kappa shape index (κ3) is 2.27. The smallest absolute Gasteiger partial charge is 0.255 e. The first-order valence-electron chi connectivity index (χ1n) is 6.48. The fourth-order valence-corrected chi connectivity index (χ4v) is 3.14. The van der Waals surface area contributed by atoms with Crippen molar-refractivity contribution in [3.63, 3.8) is 0 Å². The zero-order valence-corrected chi connectivity index (χ0v) is 12.1. The molecule has 2 N–H and O–H groups in total. The quantitative estimate of drug-likeness (QED) is 0.680. The topological polar surface area (TPSA) is 46.3 Å². The fraction of sp³-hybridized carbons (Fsp3) is 0.188. The van der Waals surface area contributed by atoms with Crippen LogP contribution in [0.2, 0.25) is 0 Å². The molecule has 0 radical (unpaired) electrons. The molecule has 0 aliphatic carbocycles. The third-order valence-electron chi connectivity index (χ3n) is 3.58. The molecule has 0 fully saturated rings. The normalized spacial score (nSPS) is 13.3. The van der Waals surface area contributed by atoms with Crippen LogP contribution >= 0.6 is 11.8 Å². The predicted molar refractivity (Wildman–Crippen MR) is 82.7 cm³/mol. The van der Waals surface area contributed by atoms with E-state index in [1.54, 1.807) is 11.8 Å². The average Bonchev–Trinajstić information content (AvgIpc) is 2.89. The maximum atomic E-state index is 12.7. The third-order valence-corrected chi connectivity index (χ3v) is 4.37. The number of nitrogens with zero attached hydrogens (tertiary/aromatic N) is 1. The maximum Gasteiger partial charge on any atom is 0.255 e. The summed E-state index contributed by atoms with van der Waals surface area (Å²) >= 11 is 1.60. The summed E-state index contributed by atoms with van der Waals surface area (Å²) in [7, 11) is 0. The van der Waals surface area contributed by atoms with E-state index < -0.39 is 0 Å². The molecule has 2 aromatic carbocycles. The van der Waals surface area contributed by atoms with Crippen LogP contribution < -0.4 is 5.73 Å². The molecule has 3 nitrogen and oxygen atoms in total. The van der Waals surface area contributed by atoms with Crippen LogP contribution in [-0.2, 0) is 13.1 Å². The zero-order chi connectivity index (χ0) is 14.1. The molecule has 3 rings (SSSR count). The zero-order valence-electron chi connectivity index (χ0n) is 11.3. The molecular formula is C16H16N2OS. The average molecular weight is 284 g/mol. The summed E-state index contributed by atoms with van der Waals surface area (Å²) in [6, 6.07) is 13.6. The highest BCUT2D eigenvalue weighted by molar-refractivity contribution is 7.98.